The summed E-state index contributed by atoms with van der Waals surface area (Å²) in [5.41, 5.74) is 0.870. The molecule has 2 aliphatic rings. The van der Waals surface area contributed by atoms with Crippen molar-refractivity contribution in [3.63, 3.8) is 0 Å². The standard InChI is InChI=1S/C17H20FN5O2/c18-13-5-3-12(4-6-13)14-11-22(8-9-25-14)17(24)19-10-16-21-20-15-2-1-7-23(15)16/h3-6,14H,1-2,7-11H2,(H,19,24)/t14-/m0/s1. The van der Waals surface area contributed by atoms with Gasteiger partial charge in [-0.15, -0.1) is 10.2 Å². The number of benzene rings is 1. The Morgan fingerprint density at radius 3 is 2.96 bits per heavy atom. The minimum Gasteiger partial charge on any atom is -0.370 e. The third-order valence-electron chi connectivity index (χ3n) is 4.68. The summed E-state index contributed by atoms with van der Waals surface area (Å²) in [6.07, 6.45) is 1.79. The second-order valence-corrected chi connectivity index (χ2v) is 6.30. The van der Waals surface area contributed by atoms with E-state index in [-0.39, 0.29) is 18.0 Å². The first kappa shape index (κ1) is 16.0. The van der Waals surface area contributed by atoms with E-state index in [0.29, 0.717) is 26.2 Å². The van der Waals surface area contributed by atoms with Gasteiger partial charge in [0.1, 0.15) is 17.7 Å². The molecule has 0 unspecified atom stereocenters. The number of morpholine rings is 1. The van der Waals surface area contributed by atoms with Crippen LogP contribution in [0.2, 0.25) is 0 Å². The van der Waals surface area contributed by atoms with Gasteiger partial charge in [-0.3, -0.25) is 0 Å². The monoisotopic (exact) mass is 345 g/mol. The van der Waals surface area contributed by atoms with Gasteiger partial charge in [-0.25, -0.2) is 9.18 Å². The zero-order valence-electron chi connectivity index (χ0n) is 13.8. The molecule has 2 aromatic rings. The highest BCUT2D eigenvalue weighted by Crippen LogP contribution is 2.22. The molecule has 3 heterocycles. The Morgan fingerprint density at radius 1 is 1.28 bits per heavy atom. The smallest absolute Gasteiger partial charge is 0.317 e. The Morgan fingerprint density at radius 2 is 2.12 bits per heavy atom. The summed E-state index contributed by atoms with van der Waals surface area (Å²) in [4.78, 5) is 14.2. The third kappa shape index (κ3) is 3.34. The van der Waals surface area contributed by atoms with E-state index in [1.807, 2.05) is 0 Å². The number of halogens is 1. The number of rotatable bonds is 3. The number of aromatic nitrogens is 3. The lowest BCUT2D eigenvalue weighted by atomic mass is 10.1. The fraction of sp³-hybridized carbons (Fsp3) is 0.471. The average Bonchev–Trinajstić information content (AvgIpc) is 3.24. The molecule has 1 atom stereocenters. The van der Waals surface area contributed by atoms with Gasteiger partial charge in [-0.1, -0.05) is 12.1 Å². The van der Waals surface area contributed by atoms with Gasteiger partial charge in [0.2, 0.25) is 0 Å². The van der Waals surface area contributed by atoms with E-state index in [1.54, 1.807) is 17.0 Å². The minimum atomic E-state index is -0.282. The van der Waals surface area contributed by atoms with Crippen molar-refractivity contribution >= 4 is 6.03 Å². The highest BCUT2D eigenvalue weighted by molar-refractivity contribution is 5.74. The molecule has 4 rings (SSSR count). The maximum atomic E-state index is 13.1. The third-order valence-corrected chi connectivity index (χ3v) is 4.68. The van der Waals surface area contributed by atoms with E-state index >= 15 is 0 Å². The number of hydrogen-bond donors (Lipinski definition) is 1. The lowest BCUT2D eigenvalue weighted by Crippen LogP contribution is -2.47. The molecule has 25 heavy (non-hydrogen) atoms. The van der Waals surface area contributed by atoms with E-state index in [2.05, 4.69) is 20.1 Å². The first-order valence-corrected chi connectivity index (χ1v) is 8.51. The molecular weight excluding hydrogens is 325 g/mol. The summed E-state index contributed by atoms with van der Waals surface area (Å²) in [6.45, 7) is 2.70. The quantitative estimate of drug-likeness (QED) is 0.918. The normalized spacial score (nSPS) is 19.7. The van der Waals surface area contributed by atoms with Gasteiger partial charge in [0.05, 0.1) is 19.7 Å². The summed E-state index contributed by atoms with van der Waals surface area (Å²) in [5, 5.41) is 11.2. The number of amides is 2. The van der Waals surface area contributed by atoms with Crippen molar-refractivity contribution in [1.82, 2.24) is 25.0 Å². The maximum absolute atomic E-state index is 13.1. The van der Waals surface area contributed by atoms with Gasteiger partial charge in [-0.2, -0.15) is 0 Å². The lowest BCUT2D eigenvalue weighted by Gasteiger charge is -2.33. The van der Waals surface area contributed by atoms with Crippen LogP contribution in [0.3, 0.4) is 0 Å². The molecule has 1 aromatic heterocycles. The predicted molar refractivity (Wildman–Crippen MR) is 87.2 cm³/mol. The Balaban J connectivity index is 1.35. The van der Waals surface area contributed by atoms with Crippen molar-refractivity contribution in [3.05, 3.63) is 47.3 Å². The van der Waals surface area contributed by atoms with Crippen LogP contribution in [0.25, 0.3) is 0 Å². The number of nitrogens with one attached hydrogen (secondary N) is 1. The van der Waals surface area contributed by atoms with Gasteiger partial charge in [0.15, 0.2) is 5.82 Å². The molecule has 1 aromatic carbocycles. The van der Waals surface area contributed by atoms with Crippen molar-refractivity contribution < 1.29 is 13.9 Å². The molecule has 0 bridgehead atoms. The van der Waals surface area contributed by atoms with E-state index < -0.39 is 0 Å². The van der Waals surface area contributed by atoms with Crippen LogP contribution in [0.5, 0.6) is 0 Å². The number of urea groups is 1. The zero-order valence-corrected chi connectivity index (χ0v) is 13.8. The molecule has 1 fully saturated rings. The van der Waals surface area contributed by atoms with Crippen molar-refractivity contribution in [2.75, 3.05) is 19.7 Å². The molecule has 1 N–H and O–H groups in total. The van der Waals surface area contributed by atoms with Crippen LogP contribution in [0.4, 0.5) is 9.18 Å². The Bertz CT molecular complexity index is 761. The molecule has 0 spiro atoms. The van der Waals surface area contributed by atoms with Gasteiger partial charge in [0, 0.05) is 19.5 Å². The molecule has 132 valence electrons. The van der Waals surface area contributed by atoms with Gasteiger partial charge in [0.25, 0.3) is 0 Å². The number of carbonyl (C=O) groups excluding carboxylic acids is 1. The van der Waals surface area contributed by atoms with Crippen LogP contribution >= 0.6 is 0 Å². The number of fused-ring (bicyclic) bond motifs is 1. The first-order valence-electron chi connectivity index (χ1n) is 8.51. The number of carbonyl (C=O) groups is 1. The fourth-order valence-corrected chi connectivity index (χ4v) is 3.32. The number of hydrogen-bond acceptors (Lipinski definition) is 4. The molecular formula is C17H20FN5O2. The van der Waals surface area contributed by atoms with Crippen LogP contribution in [0, 0.1) is 5.82 Å². The number of aryl methyl sites for hydroxylation is 1. The van der Waals surface area contributed by atoms with Crippen LogP contribution in [0.15, 0.2) is 24.3 Å². The van der Waals surface area contributed by atoms with Gasteiger partial charge in [-0.05, 0) is 24.1 Å². The topological polar surface area (TPSA) is 72.3 Å². The molecule has 1 saturated heterocycles. The summed E-state index contributed by atoms with van der Waals surface area (Å²) in [6, 6.07) is 6.06. The predicted octanol–water partition coefficient (Wildman–Crippen LogP) is 1.65. The Labute approximate surface area is 144 Å². The molecule has 0 saturated carbocycles. The summed E-state index contributed by atoms with van der Waals surface area (Å²) < 4.78 is 20.9. The fourth-order valence-electron chi connectivity index (χ4n) is 3.32. The van der Waals surface area contributed by atoms with E-state index in [0.717, 1.165) is 36.6 Å². The lowest BCUT2D eigenvalue weighted by molar-refractivity contribution is -0.0155. The second kappa shape index (κ2) is 6.79. The van der Waals surface area contributed by atoms with Crippen molar-refractivity contribution in [2.24, 2.45) is 0 Å². The Kier molecular flexibility index (Phi) is 4.35. The van der Waals surface area contributed by atoms with E-state index in [1.165, 1.54) is 12.1 Å². The molecule has 2 aliphatic heterocycles. The van der Waals surface area contributed by atoms with Crippen molar-refractivity contribution in [1.29, 1.82) is 0 Å². The van der Waals surface area contributed by atoms with Gasteiger partial charge >= 0.3 is 6.03 Å². The van der Waals surface area contributed by atoms with Crippen LogP contribution in [0.1, 0.15) is 29.7 Å². The van der Waals surface area contributed by atoms with Crippen LogP contribution in [-0.2, 0) is 24.2 Å². The van der Waals surface area contributed by atoms with Crippen LogP contribution < -0.4 is 5.32 Å². The highest BCUT2D eigenvalue weighted by Gasteiger charge is 2.26. The first-order chi connectivity index (χ1) is 12.2. The van der Waals surface area contributed by atoms with Crippen molar-refractivity contribution in [2.45, 2.75) is 32.0 Å². The number of nitrogens with zero attached hydrogens (tertiary/aromatic N) is 4. The van der Waals surface area contributed by atoms with E-state index in [4.69, 9.17) is 4.74 Å². The SMILES string of the molecule is O=C(NCc1nnc2n1CCC2)N1CCO[C@H](c2ccc(F)cc2)C1. The van der Waals surface area contributed by atoms with E-state index in [9.17, 15) is 9.18 Å². The summed E-state index contributed by atoms with van der Waals surface area (Å²) in [5.74, 6) is 1.51. The van der Waals surface area contributed by atoms with Crippen molar-refractivity contribution in [3.8, 4) is 0 Å². The highest BCUT2D eigenvalue weighted by atomic mass is 19.1. The average molecular weight is 345 g/mol. The zero-order chi connectivity index (χ0) is 17.2. The van der Waals surface area contributed by atoms with Crippen LogP contribution in [-0.4, -0.2) is 45.4 Å². The molecule has 2 amide bonds. The Hall–Kier alpha value is -2.48. The van der Waals surface area contributed by atoms with Gasteiger partial charge < -0.3 is 19.5 Å². The largest absolute Gasteiger partial charge is 0.370 e. The second-order valence-electron chi connectivity index (χ2n) is 6.30. The maximum Gasteiger partial charge on any atom is 0.317 e. The molecule has 8 heteroatoms. The summed E-state index contributed by atoms with van der Waals surface area (Å²) in [7, 11) is 0. The molecule has 0 aliphatic carbocycles. The molecule has 0 radical (unpaired) electrons. The minimum absolute atomic E-state index is 0.147. The number of ether oxygens (including phenoxy) is 1. The summed E-state index contributed by atoms with van der Waals surface area (Å²) >= 11 is 0. The molecule has 7 nitrogen and oxygen atoms in total.